The number of halogens is 2. The molecule has 5 rings (SSSR count). The Morgan fingerprint density at radius 1 is 1.17 bits per heavy atom. The van der Waals surface area contributed by atoms with Gasteiger partial charge in [-0.25, -0.2) is 0 Å². The van der Waals surface area contributed by atoms with E-state index in [2.05, 4.69) is 91.4 Å². The van der Waals surface area contributed by atoms with Crippen molar-refractivity contribution in [3.8, 4) is 0 Å². The highest BCUT2D eigenvalue weighted by atomic mass is 127. The molecular weight excluding hydrogens is 479 g/mol. The van der Waals surface area contributed by atoms with Crippen LogP contribution in [0.25, 0.3) is 10.9 Å². The van der Waals surface area contributed by atoms with Gasteiger partial charge in [-0.3, -0.25) is 0 Å². The molecule has 1 fully saturated rings. The number of hydrogen-bond acceptors (Lipinski definition) is 2. The number of benzene rings is 2. The van der Waals surface area contributed by atoms with Crippen molar-refractivity contribution in [3.05, 3.63) is 61.8 Å². The fraction of sp³-hybridized carbons (Fsp3) is 0.263. The summed E-state index contributed by atoms with van der Waals surface area (Å²) in [4.78, 5) is 3.43. The molecule has 3 nitrogen and oxygen atoms in total. The zero-order valence-corrected chi connectivity index (χ0v) is 16.6. The van der Waals surface area contributed by atoms with E-state index in [0.29, 0.717) is 5.92 Å². The molecule has 0 amide bonds. The molecule has 2 aliphatic heterocycles. The van der Waals surface area contributed by atoms with Gasteiger partial charge in [0.15, 0.2) is 0 Å². The van der Waals surface area contributed by atoms with Gasteiger partial charge in [-0.2, -0.15) is 0 Å². The lowest BCUT2D eigenvalue weighted by molar-refractivity contribution is 0.0830. The van der Waals surface area contributed by atoms with Crippen molar-refractivity contribution in [1.82, 2.24) is 4.98 Å². The molecule has 0 saturated carbocycles. The van der Waals surface area contributed by atoms with Crippen LogP contribution in [0.3, 0.4) is 0 Å². The largest absolute Gasteiger partial charge is 0.377 e. The highest BCUT2D eigenvalue weighted by Crippen LogP contribution is 2.51. The quantitative estimate of drug-likeness (QED) is 0.421. The molecule has 0 radical (unpaired) electrons. The number of aromatic amines is 1. The van der Waals surface area contributed by atoms with Crippen LogP contribution in [0.5, 0.6) is 0 Å². The first-order valence-corrected chi connectivity index (χ1v) is 10.0. The molecule has 24 heavy (non-hydrogen) atoms. The van der Waals surface area contributed by atoms with Gasteiger partial charge in [0.2, 0.25) is 0 Å². The Morgan fingerprint density at radius 3 is 3.00 bits per heavy atom. The summed E-state index contributed by atoms with van der Waals surface area (Å²) in [6, 6.07) is 13.2. The lowest BCUT2D eigenvalue weighted by Crippen LogP contribution is -2.29. The summed E-state index contributed by atoms with van der Waals surface area (Å²) in [6.07, 6.45) is 3.44. The van der Waals surface area contributed by atoms with Gasteiger partial charge in [-0.05, 0) is 53.3 Å². The minimum Gasteiger partial charge on any atom is -0.377 e. The van der Waals surface area contributed by atoms with Crippen molar-refractivity contribution in [2.75, 3.05) is 11.9 Å². The maximum atomic E-state index is 6.14. The van der Waals surface area contributed by atoms with Gasteiger partial charge in [-0.15, -0.1) is 0 Å². The number of hydrogen-bond donors (Lipinski definition) is 2. The third kappa shape index (κ3) is 2.24. The highest BCUT2D eigenvalue weighted by molar-refractivity contribution is 14.1. The summed E-state index contributed by atoms with van der Waals surface area (Å²) in [5.41, 5.74) is 5.05. The summed E-state index contributed by atoms with van der Waals surface area (Å²) in [5.74, 6) is 0.466. The molecule has 3 atom stereocenters. The molecule has 1 saturated heterocycles. The van der Waals surface area contributed by atoms with E-state index in [1.807, 2.05) is 0 Å². The summed E-state index contributed by atoms with van der Waals surface area (Å²) in [5, 5.41) is 5.11. The van der Waals surface area contributed by atoms with E-state index in [-0.39, 0.29) is 12.1 Å². The molecule has 3 heterocycles. The summed E-state index contributed by atoms with van der Waals surface area (Å²) < 4.78 is 8.51. The fourth-order valence-electron chi connectivity index (χ4n) is 4.14. The van der Waals surface area contributed by atoms with Gasteiger partial charge in [0.1, 0.15) is 0 Å². The average molecular weight is 495 g/mol. The predicted molar refractivity (Wildman–Crippen MR) is 108 cm³/mol. The second kappa shape index (κ2) is 5.75. The zero-order valence-electron chi connectivity index (χ0n) is 12.9. The third-order valence-electron chi connectivity index (χ3n) is 5.23. The number of fused-ring (bicyclic) bond motifs is 4. The number of aromatic nitrogens is 1. The van der Waals surface area contributed by atoms with Gasteiger partial charge < -0.3 is 15.0 Å². The molecule has 2 aromatic carbocycles. The Kier molecular flexibility index (Phi) is 3.64. The van der Waals surface area contributed by atoms with E-state index in [4.69, 9.17) is 4.74 Å². The molecule has 1 aromatic heterocycles. The highest BCUT2D eigenvalue weighted by Gasteiger charge is 2.42. The van der Waals surface area contributed by atoms with Crippen LogP contribution in [0.1, 0.15) is 29.7 Å². The topological polar surface area (TPSA) is 37.0 Å². The van der Waals surface area contributed by atoms with Crippen LogP contribution < -0.4 is 5.32 Å². The monoisotopic (exact) mass is 494 g/mol. The zero-order chi connectivity index (χ0) is 16.3. The van der Waals surface area contributed by atoms with Crippen molar-refractivity contribution in [2.45, 2.75) is 18.6 Å². The lowest BCUT2D eigenvalue weighted by atomic mass is 9.81. The summed E-state index contributed by atoms with van der Waals surface area (Å²) in [7, 11) is 0. The molecule has 0 bridgehead atoms. The van der Waals surface area contributed by atoms with Gasteiger partial charge in [0.25, 0.3) is 0 Å². The number of ether oxygens (including phenoxy) is 1. The second-order valence-corrected chi connectivity index (χ2v) is 8.58. The molecule has 122 valence electrons. The van der Waals surface area contributed by atoms with Crippen molar-refractivity contribution in [1.29, 1.82) is 0 Å². The van der Waals surface area contributed by atoms with Crippen molar-refractivity contribution in [3.63, 3.8) is 0 Å². The molecule has 0 unspecified atom stereocenters. The maximum Gasteiger partial charge on any atom is 0.0897 e. The van der Waals surface area contributed by atoms with Crippen molar-refractivity contribution >= 4 is 55.1 Å². The number of rotatable bonds is 1. The number of H-pyrrole nitrogens is 1. The molecule has 2 N–H and O–H groups in total. The molecule has 3 aromatic rings. The smallest absolute Gasteiger partial charge is 0.0897 e. The number of nitrogens with one attached hydrogen (secondary N) is 2. The van der Waals surface area contributed by atoms with Crippen LogP contribution >= 0.6 is 38.5 Å². The van der Waals surface area contributed by atoms with Crippen LogP contribution in [0, 0.1) is 9.49 Å². The fourth-order valence-corrected chi connectivity index (χ4v) is 5.18. The Balaban J connectivity index is 1.68. The Morgan fingerprint density at radius 2 is 2.08 bits per heavy atom. The van der Waals surface area contributed by atoms with E-state index in [1.165, 1.54) is 31.3 Å². The van der Waals surface area contributed by atoms with Crippen LogP contribution in [0.4, 0.5) is 5.69 Å². The van der Waals surface area contributed by atoms with Crippen molar-refractivity contribution < 1.29 is 4.74 Å². The molecule has 2 aliphatic rings. The van der Waals surface area contributed by atoms with Gasteiger partial charge >= 0.3 is 0 Å². The second-order valence-electron chi connectivity index (χ2n) is 6.50. The van der Waals surface area contributed by atoms with Gasteiger partial charge in [0.05, 0.1) is 17.8 Å². The predicted octanol–water partition coefficient (Wildman–Crippen LogP) is 5.78. The minimum absolute atomic E-state index is 0.193. The van der Waals surface area contributed by atoms with Crippen molar-refractivity contribution in [2.24, 2.45) is 5.92 Å². The Labute approximate surface area is 162 Å². The average Bonchev–Trinajstić information content (AvgIpc) is 3.21. The van der Waals surface area contributed by atoms with Gasteiger partial charge in [-0.1, -0.05) is 28.1 Å². The maximum absolute atomic E-state index is 6.14. The SMILES string of the molecule is Brc1ccc2[nH]cc([C@H]3Nc4c(I)cccc4[C@H]4OCC[C@@H]34)c2c1. The Bertz CT molecular complexity index is 938. The van der Waals surface area contributed by atoms with E-state index in [9.17, 15) is 0 Å². The summed E-state index contributed by atoms with van der Waals surface area (Å²) in [6.45, 7) is 0.838. The normalized spacial score (nSPS) is 25.3. The molecule has 0 spiro atoms. The van der Waals surface area contributed by atoms with Crippen LogP contribution in [-0.4, -0.2) is 11.6 Å². The number of anilines is 1. The minimum atomic E-state index is 0.193. The van der Waals surface area contributed by atoms with Crippen LogP contribution in [0.2, 0.25) is 0 Å². The first-order valence-electron chi connectivity index (χ1n) is 8.15. The standard InChI is InChI=1S/C19H16BrIN2O/c20-10-4-5-16-13(8-10)14(9-22-16)17-12-6-7-24-19(12)11-2-1-3-15(21)18(11)23-17/h1-5,8-9,12,17,19,22-23H,6-7H2/t12-,17-,19+/m0/s1. The van der Waals surface area contributed by atoms with E-state index < -0.39 is 0 Å². The molecular formula is C19H16BrIN2O. The number of para-hydroxylation sites is 1. The van der Waals surface area contributed by atoms with Crippen LogP contribution in [0.15, 0.2) is 47.1 Å². The third-order valence-corrected chi connectivity index (χ3v) is 6.62. The molecule has 5 heteroatoms. The van der Waals surface area contributed by atoms with E-state index >= 15 is 0 Å². The first kappa shape index (κ1) is 15.2. The lowest BCUT2D eigenvalue weighted by Gasteiger charge is -2.36. The Hall–Kier alpha value is -1.05. The van der Waals surface area contributed by atoms with Gasteiger partial charge in [0, 0.05) is 48.8 Å². The van der Waals surface area contributed by atoms with E-state index in [1.54, 1.807) is 0 Å². The molecule has 0 aliphatic carbocycles. The summed E-state index contributed by atoms with van der Waals surface area (Å²) >= 11 is 6.02. The first-order chi connectivity index (χ1) is 11.7. The van der Waals surface area contributed by atoms with Crippen LogP contribution in [-0.2, 0) is 4.74 Å². The van der Waals surface area contributed by atoms with E-state index in [0.717, 1.165) is 17.5 Å².